The van der Waals surface area contributed by atoms with E-state index in [2.05, 4.69) is 22.5 Å². The Kier molecular flexibility index (Phi) is 6.95. The molecule has 6 nitrogen and oxygen atoms in total. The number of rotatable bonds is 8. The number of ether oxygens (including phenoxy) is 1. The molecule has 2 rings (SSSR count). The molecule has 0 aliphatic carbocycles. The molecular weight excluding hydrogens is 318 g/mol. The molecule has 1 amide bonds. The first-order valence-corrected chi connectivity index (χ1v) is 8.34. The lowest BCUT2D eigenvalue weighted by molar-refractivity contribution is 0.0601. The number of anilines is 2. The number of carbonyl (C=O) groups is 2. The molecule has 0 unspecified atom stereocenters. The van der Waals surface area contributed by atoms with Gasteiger partial charge in [0.2, 0.25) is 0 Å². The zero-order valence-corrected chi connectivity index (χ0v) is 14.5. The van der Waals surface area contributed by atoms with Crippen LogP contribution in [0.2, 0.25) is 0 Å². The quantitative estimate of drug-likeness (QED) is 0.567. The summed E-state index contributed by atoms with van der Waals surface area (Å²) < 4.78 is 4.77. The van der Waals surface area contributed by atoms with Crippen molar-refractivity contribution in [3.8, 4) is 0 Å². The van der Waals surface area contributed by atoms with Crippen LogP contribution in [0.25, 0.3) is 0 Å². The monoisotopic (exact) mass is 341 g/mol. The molecule has 2 N–H and O–H groups in total. The fraction of sp³-hybridized carbons (Fsp3) is 0.316. The smallest absolute Gasteiger partial charge is 0.339 e. The first-order chi connectivity index (χ1) is 12.2. The largest absolute Gasteiger partial charge is 0.465 e. The van der Waals surface area contributed by atoms with Gasteiger partial charge >= 0.3 is 5.97 Å². The highest BCUT2D eigenvalue weighted by Crippen LogP contribution is 2.21. The van der Waals surface area contributed by atoms with Gasteiger partial charge in [-0.25, -0.2) is 9.78 Å². The van der Waals surface area contributed by atoms with E-state index in [9.17, 15) is 9.59 Å². The average Bonchev–Trinajstić information content (AvgIpc) is 2.65. The van der Waals surface area contributed by atoms with Crippen molar-refractivity contribution in [3.05, 3.63) is 53.9 Å². The maximum atomic E-state index is 12.0. The Morgan fingerprint density at radius 3 is 2.60 bits per heavy atom. The Morgan fingerprint density at radius 2 is 1.92 bits per heavy atom. The first-order valence-electron chi connectivity index (χ1n) is 8.34. The van der Waals surface area contributed by atoms with Crippen molar-refractivity contribution in [1.29, 1.82) is 0 Å². The molecule has 132 valence electrons. The van der Waals surface area contributed by atoms with Gasteiger partial charge in [-0.05, 0) is 30.7 Å². The van der Waals surface area contributed by atoms with Gasteiger partial charge in [-0.1, -0.05) is 31.9 Å². The van der Waals surface area contributed by atoms with Gasteiger partial charge in [0.25, 0.3) is 5.91 Å². The number of amides is 1. The summed E-state index contributed by atoms with van der Waals surface area (Å²) in [5.74, 6) is -0.600. The van der Waals surface area contributed by atoms with Gasteiger partial charge in [-0.3, -0.25) is 4.79 Å². The van der Waals surface area contributed by atoms with Gasteiger partial charge in [0.05, 0.1) is 30.2 Å². The molecule has 0 fully saturated rings. The molecule has 6 heteroatoms. The molecule has 1 heterocycles. The molecule has 0 saturated carbocycles. The lowest BCUT2D eigenvalue weighted by Crippen LogP contribution is -2.25. The van der Waals surface area contributed by atoms with Crippen LogP contribution in [-0.2, 0) is 4.74 Å². The Labute approximate surface area is 147 Å². The van der Waals surface area contributed by atoms with Gasteiger partial charge in [0.15, 0.2) is 0 Å². The minimum Gasteiger partial charge on any atom is -0.465 e. The molecule has 0 aliphatic heterocycles. The fourth-order valence-corrected chi connectivity index (χ4v) is 2.31. The van der Waals surface area contributed by atoms with E-state index in [1.54, 1.807) is 36.5 Å². The summed E-state index contributed by atoms with van der Waals surface area (Å²) in [6.45, 7) is 2.77. The summed E-state index contributed by atoms with van der Waals surface area (Å²) in [7, 11) is 1.34. The third-order valence-corrected chi connectivity index (χ3v) is 3.67. The molecule has 1 aromatic carbocycles. The summed E-state index contributed by atoms with van der Waals surface area (Å²) in [6.07, 6.45) is 4.74. The minimum absolute atomic E-state index is 0.183. The van der Waals surface area contributed by atoms with Gasteiger partial charge in [-0.15, -0.1) is 0 Å². The number of aromatic nitrogens is 1. The topological polar surface area (TPSA) is 80.3 Å². The molecule has 0 saturated heterocycles. The van der Waals surface area contributed by atoms with E-state index >= 15 is 0 Å². The van der Waals surface area contributed by atoms with Crippen molar-refractivity contribution in [2.24, 2.45) is 0 Å². The second-order valence-electron chi connectivity index (χ2n) is 5.56. The van der Waals surface area contributed by atoms with Crippen LogP contribution in [0.1, 0.15) is 47.0 Å². The van der Waals surface area contributed by atoms with E-state index in [0.717, 1.165) is 19.3 Å². The lowest BCUT2D eigenvalue weighted by atomic mass is 10.1. The highest BCUT2D eigenvalue weighted by Gasteiger charge is 2.12. The number of hydrogen-bond donors (Lipinski definition) is 2. The Balaban J connectivity index is 2.01. The summed E-state index contributed by atoms with van der Waals surface area (Å²) in [6, 6.07) is 10.4. The lowest BCUT2D eigenvalue weighted by Gasteiger charge is -2.11. The Bertz CT molecular complexity index is 714. The predicted octanol–water partition coefficient (Wildman–Crippen LogP) is 3.53. The molecule has 0 aliphatic rings. The molecule has 25 heavy (non-hydrogen) atoms. The van der Waals surface area contributed by atoms with Crippen LogP contribution < -0.4 is 10.6 Å². The van der Waals surface area contributed by atoms with E-state index in [1.165, 1.54) is 7.11 Å². The third kappa shape index (κ3) is 5.31. The standard InChI is InChI=1S/C19H23N3O3/c1-3-4-7-12-20-18(23)17-11-10-14(13-21-17)22-16-9-6-5-8-15(16)19(24)25-2/h5-6,8-11,13,22H,3-4,7,12H2,1-2H3,(H,20,23). The second kappa shape index (κ2) is 9.42. The van der Waals surface area contributed by atoms with Crippen molar-refractivity contribution in [2.45, 2.75) is 26.2 Å². The number of para-hydroxylation sites is 1. The fourth-order valence-electron chi connectivity index (χ4n) is 2.31. The van der Waals surface area contributed by atoms with Gasteiger partial charge in [0.1, 0.15) is 5.69 Å². The molecular formula is C19H23N3O3. The van der Waals surface area contributed by atoms with Crippen LogP contribution in [0.15, 0.2) is 42.6 Å². The summed E-state index contributed by atoms with van der Waals surface area (Å²) >= 11 is 0. The molecule has 1 aromatic heterocycles. The van der Waals surface area contributed by atoms with E-state index in [1.807, 2.05) is 6.07 Å². The number of hydrogen-bond acceptors (Lipinski definition) is 5. The van der Waals surface area contributed by atoms with E-state index in [-0.39, 0.29) is 5.91 Å². The van der Waals surface area contributed by atoms with E-state index < -0.39 is 5.97 Å². The Hall–Kier alpha value is -2.89. The van der Waals surface area contributed by atoms with Crippen molar-refractivity contribution in [1.82, 2.24) is 10.3 Å². The number of carbonyl (C=O) groups excluding carboxylic acids is 2. The van der Waals surface area contributed by atoms with Crippen molar-refractivity contribution in [3.63, 3.8) is 0 Å². The SMILES string of the molecule is CCCCCNC(=O)c1ccc(Nc2ccccc2C(=O)OC)cn1. The number of pyridine rings is 1. The molecule has 0 spiro atoms. The summed E-state index contributed by atoms with van der Waals surface area (Å²) in [5.41, 5.74) is 2.10. The number of methoxy groups -OCH3 is 1. The second-order valence-corrected chi connectivity index (χ2v) is 5.56. The third-order valence-electron chi connectivity index (χ3n) is 3.67. The van der Waals surface area contributed by atoms with Crippen LogP contribution in [0.4, 0.5) is 11.4 Å². The van der Waals surface area contributed by atoms with Crippen LogP contribution >= 0.6 is 0 Å². The maximum Gasteiger partial charge on any atom is 0.339 e. The number of unbranched alkanes of at least 4 members (excludes halogenated alkanes) is 2. The normalized spacial score (nSPS) is 10.2. The maximum absolute atomic E-state index is 12.0. The molecule has 2 aromatic rings. The average molecular weight is 341 g/mol. The number of nitrogens with one attached hydrogen (secondary N) is 2. The van der Waals surface area contributed by atoms with Crippen molar-refractivity contribution >= 4 is 23.3 Å². The first kappa shape index (κ1) is 18.4. The van der Waals surface area contributed by atoms with Crippen LogP contribution in [0, 0.1) is 0 Å². The molecule has 0 atom stereocenters. The van der Waals surface area contributed by atoms with Crippen LogP contribution in [-0.4, -0.2) is 30.5 Å². The predicted molar refractivity (Wildman–Crippen MR) is 97.2 cm³/mol. The number of benzene rings is 1. The van der Waals surface area contributed by atoms with E-state index in [0.29, 0.717) is 29.2 Å². The number of esters is 1. The zero-order valence-electron chi connectivity index (χ0n) is 14.5. The Morgan fingerprint density at radius 1 is 1.12 bits per heavy atom. The molecule has 0 radical (unpaired) electrons. The van der Waals surface area contributed by atoms with Gasteiger partial charge < -0.3 is 15.4 Å². The van der Waals surface area contributed by atoms with Crippen LogP contribution in [0.3, 0.4) is 0 Å². The van der Waals surface area contributed by atoms with E-state index in [4.69, 9.17) is 4.74 Å². The highest BCUT2D eigenvalue weighted by molar-refractivity contribution is 5.96. The van der Waals surface area contributed by atoms with Crippen molar-refractivity contribution in [2.75, 3.05) is 19.0 Å². The highest BCUT2D eigenvalue weighted by atomic mass is 16.5. The zero-order chi connectivity index (χ0) is 18.1. The van der Waals surface area contributed by atoms with Crippen molar-refractivity contribution < 1.29 is 14.3 Å². The minimum atomic E-state index is -0.417. The van der Waals surface area contributed by atoms with Crippen LogP contribution in [0.5, 0.6) is 0 Å². The number of nitrogens with zero attached hydrogens (tertiary/aromatic N) is 1. The summed E-state index contributed by atoms with van der Waals surface area (Å²) in [5, 5.41) is 5.97. The summed E-state index contributed by atoms with van der Waals surface area (Å²) in [4.78, 5) is 28.0. The molecule has 0 bridgehead atoms. The van der Waals surface area contributed by atoms with Gasteiger partial charge in [0, 0.05) is 6.54 Å². The van der Waals surface area contributed by atoms with Gasteiger partial charge in [-0.2, -0.15) is 0 Å².